The largest absolute Gasteiger partial charge is 0.481 e. The molecule has 0 aliphatic carbocycles. The van der Waals surface area contributed by atoms with Crippen LogP contribution in [-0.4, -0.2) is 47.7 Å². The molecule has 1 saturated heterocycles. The van der Waals surface area contributed by atoms with E-state index in [1.54, 1.807) is 0 Å². The van der Waals surface area contributed by atoms with Gasteiger partial charge in [-0.3, -0.25) is 9.69 Å². The van der Waals surface area contributed by atoms with Gasteiger partial charge in [0.05, 0.1) is 6.42 Å². The Morgan fingerprint density at radius 3 is 3.07 bits per heavy atom. The average molecular weight is 212 g/mol. The maximum atomic E-state index is 10.7. The van der Waals surface area contributed by atoms with Crippen LogP contribution in [0.15, 0.2) is 12.7 Å². The first kappa shape index (κ1) is 12.2. The van der Waals surface area contributed by atoms with Crippen LogP contribution >= 0.6 is 0 Å². The summed E-state index contributed by atoms with van der Waals surface area (Å²) in [7, 11) is 0. The fourth-order valence-electron chi connectivity index (χ4n) is 1.92. The molecule has 1 aliphatic rings. The summed E-state index contributed by atoms with van der Waals surface area (Å²) in [6.45, 7) is 8.31. The van der Waals surface area contributed by atoms with E-state index in [-0.39, 0.29) is 12.5 Å². The number of hydrogen-bond donors (Lipinski definition) is 2. The van der Waals surface area contributed by atoms with Crippen molar-refractivity contribution in [2.45, 2.75) is 31.8 Å². The summed E-state index contributed by atoms with van der Waals surface area (Å²) in [6.07, 6.45) is 3.10. The van der Waals surface area contributed by atoms with Crippen molar-refractivity contribution in [1.29, 1.82) is 0 Å². The minimum Gasteiger partial charge on any atom is -0.481 e. The molecule has 15 heavy (non-hydrogen) atoms. The Morgan fingerprint density at radius 2 is 2.47 bits per heavy atom. The van der Waals surface area contributed by atoms with Crippen molar-refractivity contribution in [3.63, 3.8) is 0 Å². The number of rotatable bonds is 4. The summed E-state index contributed by atoms with van der Waals surface area (Å²) < 4.78 is 0. The molecule has 0 saturated carbocycles. The number of nitrogens with zero attached hydrogens (tertiary/aromatic N) is 1. The molecule has 1 heterocycles. The standard InChI is InChI=1S/C11H20N2O2/c1-3-5-13-6-4-9(2)12-8-10(13)7-11(14)15/h3,9-10,12H,1,4-8H2,2H3,(H,14,15). The lowest BCUT2D eigenvalue weighted by Gasteiger charge is -2.27. The maximum absolute atomic E-state index is 10.7. The van der Waals surface area contributed by atoms with Crippen LogP contribution in [0.2, 0.25) is 0 Å². The minimum absolute atomic E-state index is 0.0884. The van der Waals surface area contributed by atoms with Crippen LogP contribution in [0.5, 0.6) is 0 Å². The lowest BCUT2D eigenvalue weighted by atomic mass is 10.1. The fraction of sp³-hybridized carbons (Fsp3) is 0.727. The molecule has 1 fully saturated rings. The molecule has 1 rings (SSSR count). The lowest BCUT2D eigenvalue weighted by molar-refractivity contribution is -0.138. The highest BCUT2D eigenvalue weighted by atomic mass is 16.4. The van der Waals surface area contributed by atoms with Crippen LogP contribution < -0.4 is 5.32 Å². The molecule has 0 radical (unpaired) electrons. The van der Waals surface area contributed by atoms with Gasteiger partial charge < -0.3 is 10.4 Å². The number of hydrogen-bond acceptors (Lipinski definition) is 3. The van der Waals surface area contributed by atoms with Crippen LogP contribution in [0.4, 0.5) is 0 Å². The van der Waals surface area contributed by atoms with Gasteiger partial charge in [0, 0.05) is 31.7 Å². The zero-order chi connectivity index (χ0) is 11.3. The van der Waals surface area contributed by atoms with Gasteiger partial charge in [0.2, 0.25) is 0 Å². The molecule has 86 valence electrons. The van der Waals surface area contributed by atoms with Gasteiger partial charge in [-0.05, 0) is 13.3 Å². The maximum Gasteiger partial charge on any atom is 0.304 e. The van der Waals surface area contributed by atoms with Gasteiger partial charge >= 0.3 is 5.97 Å². The van der Waals surface area contributed by atoms with E-state index < -0.39 is 5.97 Å². The van der Waals surface area contributed by atoms with E-state index in [0.29, 0.717) is 6.04 Å². The van der Waals surface area contributed by atoms with Gasteiger partial charge in [0.1, 0.15) is 0 Å². The number of carboxylic acid groups (broad SMARTS) is 1. The van der Waals surface area contributed by atoms with Gasteiger partial charge in [-0.1, -0.05) is 6.08 Å². The van der Waals surface area contributed by atoms with Gasteiger partial charge in [0.15, 0.2) is 0 Å². The van der Waals surface area contributed by atoms with E-state index in [2.05, 4.69) is 23.7 Å². The van der Waals surface area contributed by atoms with E-state index in [0.717, 1.165) is 26.1 Å². The topological polar surface area (TPSA) is 52.6 Å². The predicted molar refractivity (Wildman–Crippen MR) is 59.9 cm³/mol. The Kier molecular flexibility index (Phi) is 4.78. The second-order valence-corrected chi connectivity index (χ2v) is 4.13. The normalized spacial score (nSPS) is 28.3. The molecule has 0 bridgehead atoms. The van der Waals surface area contributed by atoms with Gasteiger partial charge in [-0.15, -0.1) is 6.58 Å². The molecule has 4 heteroatoms. The van der Waals surface area contributed by atoms with Crippen molar-refractivity contribution in [2.24, 2.45) is 0 Å². The Hall–Kier alpha value is -0.870. The van der Waals surface area contributed by atoms with E-state index in [4.69, 9.17) is 5.11 Å². The van der Waals surface area contributed by atoms with Crippen molar-refractivity contribution >= 4 is 5.97 Å². The molecule has 0 amide bonds. The monoisotopic (exact) mass is 212 g/mol. The third kappa shape index (κ3) is 4.01. The van der Waals surface area contributed by atoms with Crippen molar-refractivity contribution < 1.29 is 9.90 Å². The van der Waals surface area contributed by atoms with E-state index in [1.165, 1.54) is 0 Å². The molecular formula is C11H20N2O2. The minimum atomic E-state index is -0.731. The van der Waals surface area contributed by atoms with Crippen LogP contribution in [0.1, 0.15) is 19.8 Å². The third-order valence-electron chi connectivity index (χ3n) is 2.84. The van der Waals surface area contributed by atoms with Gasteiger partial charge in [-0.2, -0.15) is 0 Å². The molecule has 4 nitrogen and oxygen atoms in total. The summed E-state index contributed by atoms with van der Waals surface area (Å²) in [5.41, 5.74) is 0. The van der Waals surface area contributed by atoms with E-state index in [9.17, 15) is 4.79 Å². The highest BCUT2D eigenvalue weighted by Gasteiger charge is 2.24. The van der Waals surface area contributed by atoms with Gasteiger partial charge in [0.25, 0.3) is 0 Å². The summed E-state index contributed by atoms with van der Waals surface area (Å²) in [4.78, 5) is 12.9. The van der Waals surface area contributed by atoms with E-state index in [1.807, 2.05) is 6.08 Å². The number of carbonyl (C=O) groups is 1. The molecule has 0 aromatic carbocycles. The van der Waals surface area contributed by atoms with E-state index >= 15 is 0 Å². The number of aliphatic carboxylic acids is 1. The first-order valence-electron chi connectivity index (χ1n) is 5.43. The number of nitrogens with one attached hydrogen (secondary N) is 1. The smallest absolute Gasteiger partial charge is 0.304 e. The lowest BCUT2D eigenvalue weighted by Crippen LogP contribution is -2.41. The van der Waals surface area contributed by atoms with Crippen LogP contribution in [-0.2, 0) is 4.79 Å². The molecule has 0 spiro atoms. The second kappa shape index (κ2) is 5.88. The van der Waals surface area contributed by atoms with Crippen molar-refractivity contribution in [3.05, 3.63) is 12.7 Å². The molecule has 2 N–H and O–H groups in total. The van der Waals surface area contributed by atoms with Crippen LogP contribution in [0.3, 0.4) is 0 Å². The number of carboxylic acids is 1. The van der Waals surface area contributed by atoms with Crippen LogP contribution in [0, 0.1) is 0 Å². The summed E-state index contributed by atoms with van der Waals surface area (Å²) in [6, 6.07) is 0.557. The third-order valence-corrected chi connectivity index (χ3v) is 2.84. The zero-order valence-electron chi connectivity index (χ0n) is 9.28. The molecule has 2 atom stereocenters. The quantitative estimate of drug-likeness (QED) is 0.674. The molecule has 0 aromatic heterocycles. The van der Waals surface area contributed by atoms with Crippen molar-refractivity contribution in [2.75, 3.05) is 19.6 Å². The highest BCUT2D eigenvalue weighted by molar-refractivity contribution is 5.67. The highest BCUT2D eigenvalue weighted by Crippen LogP contribution is 2.10. The molecular weight excluding hydrogens is 192 g/mol. The Labute approximate surface area is 91.0 Å². The van der Waals surface area contributed by atoms with Gasteiger partial charge in [-0.25, -0.2) is 0 Å². The summed E-state index contributed by atoms with van der Waals surface area (Å²) in [5.74, 6) is -0.731. The van der Waals surface area contributed by atoms with Crippen molar-refractivity contribution in [1.82, 2.24) is 10.2 Å². The first-order chi connectivity index (χ1) is 7.13. The zero-order valence-corrected chi connectivity index (χ0v) is 9.28. The molecule has 2 unspecified atom stereocenters. The Morgan fingerprint density at radius 1 is 1.73 bits per heavy atom. The Balaban J connectivity index is 2.59. The van der Waals surface area contributed by atoms with Crippen molar-refractivity contribution in [3.8, 4) is 0 Å². The Bertz CT molecular complexity index is 231. The SMILES string of the molecule is C=CCN1CCC(C)NCC1CC(=O)O. The summed E-state index contributed by atoms with van der Waals surface area (Å²) in [5, 5.41) is 12.2. The van der Waals surface area contributed by atoms with Crippen LogP contribution in [0.25, 0.3) is 0 Å². The molecule has 0 aromatic rings. The second-order valence-electron chi connectivity index (χ2n) is 4.13. The fourth-order valence-corrected chi connectivity index (χ4v) is 1.92. The predicted octanol–water partition coefficient (Wildman–Crippen LogP) is 0.699. The summed E-state index contributed by atoms with van der Waals surface area (Å²) >= 11 is 0. The molecule has 1 aliphatic heterocycles. The average Bonchev–Trinajstić information content (AvgIpc) is 2.32. The first-order valence-corrected chi connectivity index (χ1v) is 5.43.